The molecule has 0 spiro atoms. The van der Waals surface area contributed by atoms with Gasteiger partial charge in [-0.1, -0.05) is 39.0 Å². The summed E-state index contributed by atoms with van der Waals surface area (Å²) in [5.41, 5.74) is 3.38. The monoisotopic (exact) mass is 554 g/mol. The maximum Gasteiger partial charge on any atom is 0.175 e. The van der Waals surface area contributed by atoms with Crippen LogP contribution in [0.25, 0.3) is 0 Å². The molecule has 0 saturated heterocycles. The first-order chi connectivity index (χ1) is 16.7. The molecule has 0 aliphatic heterocycles. The van der Waals surface area contributed by atoms with E-state index < -0.39 is 0 Å². The topological polar surface area (TPSA) is 54.6 Å². The standard InChI is InChI=1S/C28H28BrFN2O2S/c1-28(2,3)19-9-10-20-21(14-31)27(35-25(20)13-19)32-15-17-11-22(29)26(24(12-17)33-4)34-16-18-7-5-6-8-23(18)30/h5-8,11-12,15,19H,9-10,13,16H2,1-4H3/t19-/m1/s1. The first-order valence-corrected chi connectivity index (χ1v) is 13.1. The fourth-order valence-corrected chi connectivity index (χ4v) is 6.17. The van der Waals surface area contributed by atoms with Crippen LogP contribution in [0.3, 0.4) is 0 Å². The molecule has 3 aromatic rings. The van der Waals surface area contributed by atoms with E-state index in [1.807, 2.05) is 12.1 Å². The molecule has 1 aromatic heterocycles. The predicted octanol–water partition coefficient (Wildman–Crippen LogP) is 8.01. The molecular weight excluding hydrogens is 527 g/mol. The Balaban J connectivity index is 1.57. The van der Waals surface area contributed by atoms with Gasteiger partial charge < -0.3 is 9.47 Å². The van der Waals surface area contributed by atoms with Gasteiger partial charge in [0.25, 0.3) is 0 Å². The molecule has 4 rings (SSSR count). The second-order valence-corrected chi connectivity index (χ2v) is 11.7. The van der Waals surface area contributed by atoms with Gasteiger partial charge in [-0.3, -0.25) is 0 Å². The van der Waals surface area contributed by atoms with Gasteiger partial charge in [0.1, 0.15) is 23.5 Å². The largest absolute Gasteiger partial charge is 0.493 e. The lowest BCUT2D eigenvalue weighted by Gasteiger charge is -2.33. The first-order valence-electron chi connectivity index (χ1n) is 11.5. The van der Waals surface area contributed by atoms with Gasteiger partial charge >= 0.3 is 0 Å². The third kappa shape index (κ3) is 5.60. The Morgan fingerprint density at radius 3 is 2.74 bits per heavy atom. The number of ether oxygens (including phenoxy) is 2. The van der Waals surface area contributed by atoms with Crippen molar-refractivity contribution in [2.75, 3.05) is 7.11 Å². The zero-order valence-electron chi connectivity index (χ0n) is 20.3. The second-order valence-electron chi connectivity index (χ2n) is 9.77. The summed E-state index contributed by atoms with van der Waals surface area (Å²) in [6.07, 6.45) is 4.78. The molecule has 4 nitrogen and oxygen atoms in total. The van der Waals surface area contributed by atoms with Gasteiger partial charge in [0.15, 0.2) is 11.5 Å². The Hall–Kier alpha value is -2.69. The Labute approximate surface area is 218 Å². The fourth-order valence-electron chi connectivity index (χ4n) is 4.37. The molecule has 1 aliphatic rings. The van der Waals surface area contributed by atoms with Crippen molar-refractivity contribution in [1.29, 1.82) is 5.26 Å². The minimum Gasteiger partial charge on any atom is -0.493 e. The van der Waals surface area contributed by atoms with Crippen molar-refractivity contribution in [2.45, 2.75) is 46.6 Å². The number of methoxy groups -OCH3 is 1. The number of hydrogen-bond acceptors (Lipinski definition) is 5. The summed E-state index contributed by atoms with van der Waals surface area (Å²) < 4.78 is 26.0. The van der Waals surface area contributed by atoms with Crippen LogP contribution in [0.15, 0.2) is 45.9 Å². The van der Waals surface area contributed by atoms with Gasteiger partial charge in [0.05, 0.1) is 17.1 Å². The number of thiophene rings is 1. The van der Waals surface area contributed by atoms with E-state index in [0.717, 1.165) is 29.8 Å². The van der Waals surface area contributed by atoms with Gasteiger partial charge in [-0.05, 0) is 75.9 Å². The van der Waals surface area contributed by atoms with E-state index >= 15 is 0 Å². The van der Waals surface area contributed by atoms with Gasteiger partial charge in [-0.25, -0.2) is 9.38 Å². The molecule has 1 atom stereocenters. The molecule has 182 valence electrons. The van der Waals surface area contributed by atoms with Crippen LogP contribution in [0.4, 0.5) is 9.39 Å². The van der Waals surface area contributed by atoms with Crippen LogP contribution in [0.2, 0.25) is 0 Å². The van der Waals surface area contributed by atoms with E-state index in [0.29, 0.717) is 33.0 Å². The van der Waals surface area contributed by atoms with Crippen molar-refractivity contribution in [3.8, 4) is 17.6 Å². The average molecular weight is 556 g/mol. The third-order valence-corrected chi connectivity index (χ3v) is 8.25. The van der Waals surface area contributed by atoms with Crippen LogP contribution < -0.4 is 9.47 Å². The number of aliphatic imine (C=N–C) groups is 1. The lowest BCUT2D eigenvalue weighted by molar-refractivity contribution is 0.218. The Morgan fingerprint density at radius 1 is 1.29 bits per heavy atom. The summed E-state index contributed by atoms with van der Waals surface area (Å²) in [4.78, 5) is 5.98. The Morgan fingerprint density at radius 2 is 2.06 bits per heavy atom. The third-order valence-electron chi connectivity index (χ3n) is 6.50. The van der Waals surface area contributed by atoms with Crippen LogP contribution in [0.1, 0.15) is 54.3 Å². The van der Waals surface area contributed by atoms with E-state index in [2.05, 4.69) is 42.8 Å². The first kappa shape index (κ1) is 25.4. The minimum absolute atomic E-state index is 0.0803. The molecule has 2 aromatic carbocycles. The maximum atomic E-state index is 14.0. The molecule has 7 heteroatoms. The van der Waals surface area contributed by atoms with Crippen LogP contribution in [-0.2, 0) is 19.4 Å². The molecule has 1 heterocycles. The number of fused-ring (bicyclic) bond motifs is 1. The van der Waals surface area contributed by atoms with Crippen molar-refractivity contribution >= 4 is 38.5 Å². The summed E-state index contributed by atoms with van der Waals surface area (Å²) in [6, 6.07) is 12.6. The second kappa shape index (κ2) is 10.5. The van der Waals surface area contributed by atoms with Gasteiger partial charge in [-0.15, -0.1) is 11.3 Å². The summed E-state index contributed by atoms with van der Waals surface area (Å²) in [7, 11) is 1.56. The highest BCUT2D eigenvalue weighted by atomic mass is 79.9. The highest BCUT2D eigenvalue weighted by Gasteiger charge is 2.32. The highest BCUT2D eigenvalue weighted by Crippen LogP contribution is 2.45. The number of nitrogens with zero attached hydrogens (tertiary/aromatic N) is 2. The van der Waals surface area contributed by atoms with Crippen molar-refractivity contribution in [2.24, 2.45) is 16.3 Å². The predicted molar refractivity (Wildman–Crippen MR) is 143 cm³/mol. The molecule has 0 radical (unpaired) electrons. The Bertz CT molecular complexity index is 1300. The van der Waals surface area contributed by atoms with E-state index in [1.165, 1.54) is 16.5 Å². The Kier molecular flexibility index (Phi) is 7.63. The van der Waals surface area contributed by atoms with Crippen molar-refractivity contribution in [1.82, 2.24) is 0 Å². The number of halogens is 2. The lowest BCUT2D eigenvalue weighted by Crippen LogP contribution is -2.26. The molecule has 0 saturated carbocycles. The van der Waals surface area contributed by atoms with E-state index in [9.17, 15) is 9.65 Å². The SMILES string of the molecule is COc1cc(C=Nc2sc3c(c2C#N)CC[C@@H](C(C)(C)C)C3)cc(Br)c1OCc1ccccc1F. The van der Waals surface area contributed by atoms with E-state index in [4.69, 9.17) is 14.5 Å². The van der Waals surface area contributed by atoms with Gasteiger partial charge in [-0.2, -0.15) is 5.26 Å². The van der Waals surface area contributed by atoms with Crippen LogP contribution in [0.5, 0.6) is 11.5 Å². The molecule has 0 fully saturated rings. The zero-order valence-corrected chi connectivity index (χ0v) is 22.7. The number of hydrogen-bond donors (Lipinski definition) is 0. The van der Waals surface area contributed by atoms with Crippen LogP contribution >= 0.6 is 27.3 Å². The molecule has 0 amide bonds. The van der Waals surface area contributed by atoms with Gasteiger partial charge in [0, 0.05) is 16.7 Å². The summed E-state index contributed by atoms with van der Waals surface area (Å²) >= 11 is 5.17. The molecule has 0 unspecified atom stereocenters. The normalized spacial score (nSPS) is 15.6. The van der Waals surface area contributed by atoms with Crippen molar-refractivity contribution in [3.63, 3.8) is 0 Å². The fraction of sp³-hybridized carbons (Fsp3) is 0.357. The summed E-state index contributed by atoms with van der Waals surface area (Å²) in [5, 5.41) is 10.6. The minimum atomic E-state index is -0.313. The summed E-state index contributed by atoms with van der Waals surface area (Å²) in [6.45, 7) is 6.94. The zero-order chi connectivity index (χ0) is 25.2. The molecule has 35 heavy (non-hydrogen) atoms. The lowest BCUT2D eigenvalue weighted by atomic mass is 9.72. The highest BCUT2D eigenvalue weighted by molar-refractivity contribution is 9.10. The molecule has 0 bridgehead atoms. The summed E-state index contributed by atoms with van der Waals surface area (Å²) in [5.74, 6) is 1.29. The quantitative estimate of drug-likeness (QED) is 0.290. The average Bonchev–Trinajstić information content (AvgIpc) is 3.18. The smallest absolute Gasteiger partial charge is 0.175 e. The van der Waals surface area contributed by atoms with Gasteiger partial charge in [0.2, 0.25) is 0 Å². The van der Waals surface area contributed by atoms with Crippen molar-refractivity contribution in [3.05, 3.63) is 73.8 Å². The van der Waals surface area contributed by atoms with E-state index in [-0.39, 0.29) is 17.8 Å². The van der Waals surface area contributed by atoms with Crippen LogP contribution in [-0.4, -0.2) is 13.3 Å². The maximum absolute atomic E-state index is 14.0. The van der Waals surface area contributed by atoms with E-state index in [1.54, 1.807) is 42.9 Å². The van der Waals surface area contributed by atoms with Crippen molar-refractivity contribution < 1.29 is 13.9 Å². The van der Waals surface area contributed by atoms with Crippen LogP contribution in [0, 0.1) is 28.5 Å². The molecular formula is C28H28BrFN2O2S. The number of rotatable bonds is 6. The number of nitriles is 1. The molecule has 0 N–H and O–H groups in total. The number of benzene rings is 2. The molecule has 1 aliphatic carbocycles.